The molecule has 2 aromatic rings. The molecule has 0 saturated carbocycles. The van der Waals surface area contributed by atoms with Crippen molar-refractivity contribution in [3.05, 3.63) is 53.6 Å². The molecule has 0 spiro atoms. The number of hydrogen-bond donors (Lipinski definition) is 1. The third kappa shape index (κ3) is 4.40. The monoisotopic (exact) mass is 326 g/mol. The van der Waals surface area contributed by atoms with E-state index in [-0.39, 0.29) is 6.61 Å². The normalized spacial score (nSPS) is 11.2. The molecule has 0 aliphatic carbocycles. The first-order valence-corrected chi connectivity index (χ1v) is 7.29. The van der Waals surface area contributed by atoms with E-state index in [9.17, 15) is 4.79 Å². The number of nitrogens with zero attached hydrogens (tertiary/aromatic N) is 1. The Balaban J connectivity index is 2.02. The van der Waals surface area contributed by atoms with Gasteiger partial charge in [0.2, 0.25) is 0 Å². The summed E-state index contributed by atoms with van der Waals surface area (Å²) in [6.45, 7) is 1.85. The van der Waals surface area contributed by atoms with Crippen LogP contribution in [0.2, 0.25) is 0 Å². The second kappa shape index (κ2) is 7.88. The maximum Gasteiger partial charge on any atom is 0.258 e. The second-order valence-electron chi connectivity index (χ2n) is 5.06. The van der Waals surface area contributed by atoms with E-state index in [1.165, 1.54) is 0 Å². The summed E-state index contributed by atoms with van der Waals surface area (Å²) < 4.78 is 16.3. The molecule has 0 aliphatic rings. The van der Waals surface area contributed by atoms with E-state index in [0.717, 1.165) is 5.56 Å². The number of ether oxygens (including phenoxy) is 3. The average molecular weight is 326 g/mol. The van der Waals surface area contributed by atoms with Crippen molar-refractivity contribution in [1.82, 2.24) is 0 Å². The van der Waals surface area contributed by atoms with Crippen LogP contribution in [0.15, 0.2) is 42.5 Å². The van der Waals surface area contributed by atoms with Gasteiger partial charge >= 0.3 is 0 Å². The van der Waals surface area contributed by atoms with Crippen LogP contribution in [0, 0.1) is 11.3 Å². The van der Waals surface area contributed by atoms with E-state index < -0.39 is 12.0 Å². The number of nitriles is 1. The largest absolute Gasteiger partial charge is 0.496 e. The molecule has 2 rings (SSSR count). The van der Waals surface area contributed by atoms with Crippen molar-refractivity contribution in [2.24, 2.45) is 5.73 Å². The molecule has 0 aliphatic heterocycles. The standard InChI is InChI=1S/C18H18N2O4/c1-12(18(20)21)24-16-6-4-15(5-7-16)23-11-14-9-13(10-19)3-8-17(14)22-2/h3-9,12H,11H2,1-2H3,(H2,20,21)/t12-/m1/s1. The van der Waals surface area contributed by atoms with Crippen LogP contribution in [0.5, 0.6) is 17.2 Å². The van der Waals surface area contributed by atoms with Gasteiger partial charge in [0, 0.05) is 5.56 Å². The molecule has 0 radical (unpaired) electrons. The molecular weight excluding hydrogens is 308 g/mol. The highest BCUT2D eigenvalue weighted by Gasteiger charge is 2.10. The SMILES string of the molecule is COc1ccc(C#N)cc1COc1ccc(O[C@H](C)C(N)=O)cc1. The van der Waals surface area contributed by atoms with Gasteiger partial charge in [0.05, 0.1) is 18.7 Å². The van der Waals surface area contributed by atoms with Gasteiger partial charge in [0.25, 0.3) is 5.91 Å². The molecule has 0 bridgehead atoms. The minimum atomic E-state index is -0.699. The maximum atomic E-state index is 11.0. The Labute approximate surface area is 140 Å². The minimum absolute atomic E-state index is 0.261. The van der Waals surface area contributed by atoms with Crippen molar-refractivity contribution in [1.29, 1.82) is 5.26 Å². The number of primary amides is 1. The fraction of sp³-hybridized carbons (Fsp3) is 0.222. The third-order valence-corrected chi connectivity index (χ3v) is 3.34. The van der Waals surface area contributed by atoms with E-state index in [1.54, 1.807) is 56.5 Å². The smallest absolute Gasteiger partial charge is 0.258 e. The minimum Gasteiger partial charge on any atom is -0.496 e. The molecule has 0 unspecified atom stereocenters. The van der Waals surface area contributed by atoms with Crippen LogP contribution >= 0.6 is 0 Å². The van der Waals surface area contributed by atoms with Gasteiger partial charge in [-0.05, 0) is 49.4 Å². The lowest BCUT2D eigenvalue weighted by atomic mass is 10.1. The first-order valence-electron chi connectivity index (χ1n) is 7.29. The van der Waals surface area contributed by atoms with Crippen LogP contribution in [0.4, 0.5) is 0 Å². The predicted molar refractivity (Wildman–Crippen MR) is 87.8 cm³/mol. The Morgan fingerprint density at radius 3 is 2.46 bits per heavy atom. The zero-order valence-electron chi connectivity index (χ0n) is 13.5. The summed E-state index contributed by atoms with van der Waals surface area (Å²) in [5.41, 5.74) is 6.47. The summed E-state index contributed by atoms with van der Waals surface area (Å²) in [5, 5.41) is 8.97. The van der Waals surface area contributed by atoms with Gasteiger partial charge in [0.1, 0.15) is 23.9 Å². The molecule has 6 heteroatoms. The van der Waals surface area contributed by atoms with Crippen molar-refractivity contribution < 1.29 is 19.0 Å². The van der Waals surface area contributed by atoms with Crippen molar-refractivity contribution in [3.8, 4) is 23.3 Å². The summed E-state index contributed by atoms with van der Waals surface area (Å²) in [7, 11) is 1.57. The molecule has 0 heterocycles. The van der Waals surface area contributed by atoms with Crippen LogP contribution in [-0.4, -0.2) is 19.1 Å². The van der Waals surface area contributed by atoms with Gasteiger partial charge in [-0.2, -0.15) is 5.26 Å². The number of amides is 1. The Kier molecular flexibility index (Phi) is 5.63. The van der Waals surface area contributed by atoms with Crippen LogP contribution in [0.3, 0.4) is 0 Å². The number of hydrogen-bond acceptors (Lipinski definition) is 5. The molecule has 2 aromatic carbocycles. The lowest BCUT2D eigenvalue weighted by Gasteiger charge is -2.13. The summed E-state index contributed by atoms with van der Waals surface area (Å²) in [5.74, 6) is 1.28. The number of rotatable bonds is 7. The summed E-state index contributed by atoms with van der Waals surface area (Å²) in [4.78, 5) is 11.0. The molecule has 124 valence electrons. The molecular formula is C18H18N2O4. The zero-order valence-corrected chi connectivity index (χ0v) is 13.5. The van der Waals surface area contributed by atoms with Gasteiger partial charge in [-0.3, -0.25) is 4.79 Å². The van der Waals surface area contributed by atoms with Crippen LogP contribution in [0.25, 0.3) is 0 Å². The number of carbonyl (C=O) groups is 1. The van der Waals surface area contributed by atoms with Gasteiger partial charge < -0.3 is 19.9 Å². The Morgan fingerprint density at radius 1 is 1.21 bits per heavy atom. The highest BCUT2D eigenvalue weighted by Crippen LogP contribution is 2.23. The number of nitrogens with two attached hydrogens (primary N) is 1. The predicted octanol–water partition coefficient (Wildman–Crippen LogP) is 2.40. The summed E-state index contributed by atoms with van der Waals surface area (Å²) in [6, 6.07) is 14.1. The third-order valence-electron chi connectivity index (χ3n) is 3.34. The molecule has 24 heavy (non-hydrogen) atoms. The molecule has 2 N–H and O–H groups in total. The van der Waals surface area contributed by atoms with Crippen LogP contribution < -0.4 is 19.9 Å². The van der Waals surface area contributed by atoms with Crippen molar-refractivity contribution in [2.75, 3.05) is 7.11 Å². The molecule has 0 aromatic heterocycles. The Bertz CT molecular complexity index is 751. The highest BCUT2D eigenvalue weighted by molar-refractivity contribution is 5.78. The molecule has 0 fully saturated rings. The van der Waals surface area contributed by atoms with Crippen molar-refractivity contribution >= 4 is 5.91 Å². The molecule has 1 amide bonds. The number of methoxy groups -OCH3 is 1. The van der Waals surface area contributed by atoms with E-state index in [4.69, 9.17) is 25.2 Å². The van der Waals surface area contributed by atoms with E-state index in [2.05, 4.69) is 6.07 Å². The first-order chi connectivity index (χ1) is 11.5. The fourth-order valence-corrected chi connectivity index (χ4v) is 2.00. The average Bonchev–Trinajstić information content (AvgIpc) is 2.60. The van der Waals surface area contributed by atoms with Crippen molar-refractivity contribution in [3.63, 3.8) is 0 Å². The van der Waals surface area contributed by atoms with Crippen LogP contribution in [0.1, 0.15) is 18.1 Å². The number of benzene rings is 2. The quantitative estimate of drug-likeness (QED) is 0.843. The van der Waals surface area contributed by atoms with E-state index in [1.807, 2.05) is 0 Å². The summed E-state index contributed by atoms with van der Waals surface area (Å²) in [6.07, 6.45) is -0.699. The van der Waals surface area contributed by atoms with Crippen molar-refractivity contribution in [2.45, 2.75) is 19.6 Å². The van der Waals surface area contributed by atoms with Crippen LogP contribution in [-0.2, 0) is 11.4 Å². The van der Waals surface area contributed by atoms with E-state index in [0.29, 0.717) is 22.8 Å². The second-order valence-corrected chi connectivity index (χ2v) is 5.06. The maximum absolute atomic E-state index is 11.0. The summed E-state index contributed by atoms with van der Waals surface area (Å²) >= 11 is 0. The highest BCUT2D eigenvalue weighted by atomic mass is 16.5. The topological polar surface area (TPSA) is 94.6 Å². The van der Waals surface area contributed by atoms with Gasteiger partial charge in [-0.25, -0.2) is 0 Å². The Morgan fingerprint density at radius 2 is 1.88 bits per heavy atom. The molecule has 1 atom stereocenters. The Hall–Kier alpha value is -3.20. The lowest BCUT2D eigenvalue weighted by molar-refractivity contribution is -0.123. The molecule has 6 nitrogen and oxygen atoms in total. The lowest BCUT2D eigenvalue weighted by Crippen LogP contribution is -2.30. The van der Waals surface area contributed by atoms with E-state index >= 15 is 0 Å². The molecule has 0 saturated heterocycles. The van der Waals surface area contributed by atoms with Gasteiger partial charge in [-0.15, -0.1) is 0 Å². The number of carbonyl (C=O) groups excluding carboxylic acids is 1. The van der Waals surface area contributed by atoms with Gasteiger partial charge in [0.15, 0.2) is 6.10 Å². The first kappa shape index (κ1) is 17.2. The zero-order chi connectivity index (χ0) is 17.5. The fourth-order valence-electron chi connectivity index (χ4n) is 2.00. The van der Waals surface area contributed by atoms with Gasteiger partial charge in [-0.1, -0.05) is 0 Å².